The molecule has 0 aliphatic rings. The third kappa shape index (κ3) is 5.56. The van der Waals surface area contributed by atoms with Crippen molar-refractivity contribution in [2.24, 2.45) is 0 Å². The third-order valence-electron chi connectivity index (χ3n) is 5.37. The predicted octanol–water partition coefficient (Wildman–Crippen LogP) is 5.42. The average molecular weight is 458 g/mol. The maximum absolute atomic E-state index is 13.9. The van der Waals surface area contributed by atoms with Crippen LogP contribution in [0.5, 0.6) is 0 Å². The molecule has 0 N–H and O–H groups in total. The van der Waals surface area contributed by atoms with Crippen molar-refractivity contribution in [2.75, 3.05) is 6.54 Å². The molecule has 0 saturated carbocycles. The standard InChI is InChI=1S/C26H23N3O3S/c30-24(26-27-16-17-28(26)22-14-8-3-9-15-22)25(33-19-20-10-4-1-5-11-20)23(18-29(31)32)21-12-6-2-7-13-21/h1-17,23,25H,18-19H2/t23-,25+/m1/s1. The van der Waals surface area contributed by atoms with Gasteiger partial charge >= 0.3 is 0 Å². The molecule has 0 spiro atoms. The van der Waals surface area contributed by atoms with Crippen molar-refractivity contribution in [1.29, 1.82) is 0 Å². The minimum atomic E-state index is -0.678. The fourth-order valence-electron chi connectivity index (χ4n) is 3.78. The zero-order chi connectivity index (χ0) is 23.0. The number of rotatable bonds is 10. The first-order valence-electron chi connectivity index (χ1n) is 10.6. The molecule has 0 saturated heterocycles. The zero-order valence-electron chi connectivity index (χ0n) is 17.9. The highest BCUT2D eigenvalue weighted by Crippen LogP contribution is 2.34. The fraction of sp³-hybridized carbons (Fsp3) is 0.154. The number of carbonyl (C=O) groups is 1. The van der Waals surface area contributed by atoms with E-state index in [0.717, 1.165) is 16.8 Å². The molecule has 4 aromatic rings. The Morgan fingerprint density at radius 1 is 0.939 bits per heavy atom. The van der Waals surface area contributed by atoms with Gasteiger partial charge in [-0.05, 0) is 23.3 Å². The van der Waals surface area contributed by atoms with Crippen LogP contribution in [0, 0.1) is 10.1 Å². The van der Waals surface area contributed by atoms with E-state index in [2.05, 4.69) is 4.98 Å². The molecule has 0 aliphatic heterocycles. The molecule has 0 fully saturated rings. The van der Waals surface area contributed by atoms with Gasteiger partial charge in [0.1, 0.15) is 0 Å². The van der Waals surface area contributed by atoms with Crippen LogP contribution >= 0.6 is 11.8 Å². The maximum atomic E-state index is 13.9. The van der Waals surface area contributed by atoms with Crippen LogP contribution in [-0.2, 0) is 5.75 Å². The Morgan fingerprint density at radius 2 is 1.55 bits per heavy atom. The molecule has 0 unspecified atom stereocenters. The van der Waals surface area contributed by atoms with E-state index in [4.69, 9.17) is 0 Å². The SMILES string of the molecule is O=C(c1nccn1-c1ccccc1)[C@@H](SCc1ccccc1)[C@H](C[N+](=O)[O-])c1ccccc1. The molecule has 2 atom stereocenters. The van der Waals surface area contributed by atoms with Gasteiger partial charge in [0, 0.05) is 28.8 Å². The van der Waals surface area contributed by atoms with Crippen molar-refractivity contribution in [3.05, 3.63) is 130 Å². The predicted molar refractivity (Wildman–Crippen MR) is 130 cm³/mol. The molecule has 0 radical (unpaired) electrons. The number of carbonyl (C=O) groups excluding carboxylic acids is 1. The molecular formula is C26H23N3O3S. The largest absolute Gasteiger partial charge is 0.297 e. The highest BCUT2D eigenvalue weighted by molar-refractivity contribution is 7.99. The lowest BCUT2D eigenvalue weighted by Gasteiger charge is -2.23. The van der Waals surface area contributed by atoms with Crippen LogP contribution in [-0.4, -0.2) is 32.1 Å². The third-order valence-corrected chi connectivity index (χ3v) is 6.77. The van der Waals surface area contributed by atoms with Gasteiger partial charge in [0.2, 0.25) is 12.3 Å². The minimum Gasteiger partial charge on any atom is -0.297 e. The highest BCUT2D eigenvalue weighted by atomic mass is 32.2. The number of aromatic nitrogens is 2. The molecule has 3 aromatic carbocycles. The summed E-state index contributed by atoms with van der Waals surface area (Å²) in [7, 11) is 0. The van der Waals surface area contributed by atoms with E-state index in [9.17, 15) is 14.9 Å². The summed E-state index contributed by atoms with van der Waals surface area (Å²) in [6.07, 6.45) is 3.33. The zero-order valence-corrected chi connectivity index (χ0v) is 18.7. The summed E-state index contributed by atoms with van der Waals surface area (Å²) in [5.74, 6) is 0.0181. The number of para-hydroxylation sites is 1. The summed E-state index contributed by atoms with van der Waals surface area (Å²) in [5, 5.41) is 10.9. The van der Waals surface area contributed by atoms with E-state index in [1.165, 1.54) is 11.8 Å². The van der Waals surface area contributed by atoms with Gasteiger partial charge in [-0.15, -0.1) is 11.8 Å². The van der Waals surface area contributed by atoms with Crippen molar-refractivity contribution in [3.63, 3.8) is 0 Å². The normalized spacial score (nSPS) is 12.7. The Kier molecular flexibility index (Phi) is 7.32. The second-order valence-corrected chi connectivity index (χ2v) is 8.70. The van der Waals surface area contributed by atoms with Crippen molar-refractivity contribution in [2.45, 2.75) is 16.9 Å². The van der Waals surface area contributed by atoms with Crippen molar-refractivity contribution >= 4 is 17.5 Å². The van der Waals surface area contributed by atoms with Crippen LogP contribution in [0.1, 0.15) is 27.7 Å². The van der Waals surface area contributed by atoms with Gasteiger partial charge in [-0.2, -0.15) is 0 Å². The van der Waals surface area contributed by atoms with Crippen LogP contribution in [0.15, 0.2) is 103 Å². The summed E-state index contributed by atoms with van der Waals surface area (Å²) in [6, 6.07) is 28.5. The van der Waals surface area contributed by atoms with E-state index in [-0.39, 0.29) is 23.1 Å². The van der Waals surface area contributed by atoms with Gasteiger partial charge < -0.3 is 0 Å². The Morgan fingerprint density at radius 3 is 2.18 bits per heavy atom. The van der Waals surface area contributed by atoms with Gasteiger partial charge in [0.25, 0.3) is 0 Å². The second kappa shape index (κ2) is 10.7. The number of benzene rings is 3. The van der Waals surface area contributed by atoms with Gasteiger partial charge in [-0.25, -0.2) is 4.98 Å². The second-order valence-electron chi connectivity index (χ2n) is 7.57. The van der Waals surface area contributed by atoms with E-state index in [1.807, 2.05) is 91.0 Å². The van der Waals surface area contributed by atoms with E-state index >= 15 is 0 Å². The van der Waals surface area contributed by atoms with E-state index in [1.54, 1.807) is 17.0 Å². The molecule has 6 nitrogen and oxygen atoms in total. The number of Topliss-reactive ketones (excluding diaryl/α,β-unsaturated/α-hetero) is 1. The Hall–Kier alpha value is -3.71. The van der Waals surface area contributed by atoms with Gasteiger partial charge in [0.15, 0.2) is 5.82 Å². The molecule has 166 valence electrons. The van der Waals surface area contributed by atoms with Gasteiger partial charge in [-0.1, -0.05) is 78.9 Å². The lowest BCUT2D eigenvalue weighted by atomic mass is 9.93. The van der Waals surface area contributed by atoms with Crippen LogP contribution in [0.25, 0.3) is 5.69 Å². The van der Waals surface area contributed by atoms with Gasteiger partial charge in [0.05, 0.1) is 11.2 Å². The number of hydrogen-bond donors (Lipinski definition) is 0. The van der Waals surface area contributed by atoms with Crippen LogP contribution in [0.3, 0.4) is 0 Å². The number of ketones is 1. The first-order valence-corrected chi connectivity index (χ1v) is 11.6. The topological polar surface area (TPSA) is 78.0 Å². The van der Waals surface area contributed by atoms with Crippen molar-refractivity contribution in [3.8, 4) is 5.69 Å². The first kappa shape index (κ1) is 22.5. The van der Waals surface area contributed by atoms with Crippen molar-refractivity contribution < 1.29 is 9.72 Å². The Balaban J connectivity index is 1.73. The number of thioether (sulfide) groups is 1. The quantitative estimate of drug-likeness (QED) is 0.181. The minimum absolute atomic E-state index is 0.222. The molecule has 0 amide bonds. The van der Waals surface area contributed by atoms with Crippen LogP contribution in [0.2, 0.25) is 0 Å². The molecule has 33 heavy (non-hydrogen) atoms. The molecule has 7 heteroatoms. The average Bonchev–Trinajstić information content (AvgIpc) is 3.35. The number of nitro groups is 1. The molecular weight excluding hydrogens is 434 g/mol. The molecule has 0 aliphatic carbocycles. The summed E-state index contributed by atoms with van der Waals surface area (Å²) >= 11 is 1.42. The number of hydrogen-bond acceptors (Lipinski definition) is 5. The fourth-order valence-corrected chi connectivity index (χ4v) is 5.08. The smallest absolute Gasteiger partial charge is 0.212 e. The highest BCUT2D eigenvalue weighted by Gasteiger charge is 2.36. The monoisotopic (exact) mass is 457 g/mol. The summed E-state index contributed by atoms with van der Waals surface area (Å²) < 4.78 is 1.74. The summed E-state index contributed by atoms with van der Waals surface area (Å²) in [5.41, 5.74) is 2.64. The van der Waals surface area contributed by atoms with Crippen LogP contribution < -0.4 is 0 Å². The molecule has 4 rings (SSSR count). The number of imidazole rings is 1. The number of nitrogens with zero attached hydrogens (tertiary/aromatic N) is 3. The lowest BCUT2D eigenvalue weighted by molar-refractivity contribution is -0.483. The summed E-state index contributed by atoms with van der Waals surface area (Å²) in [4.78, 5) is 29.5. The van der Waals surface area contributed by atoms with E-state index < -0.39 is 11.2 Å². The molecule has 1 heterocycles. The van der Waals surface area contributed by atoms with Gasteiger partial charge in [-0.3, -0.25) is 19.5 Å². The maximum Gasteiger partial charge on any atom is 0.212 e. The molecule has 0 bridgehead atoms. The summed E-state index contributed by atoms with van der Waals surface area (Å²) in [6.45, 7) is -0.339. The van der Waals surface area contributed by atoms with E-state index in [0.29, 0.717) is 5.75 Å². The Labute approximate surface area is 196 Å². The molecule has 1 aromatic heterocycles. The first-order chi connectivity index (χ1) is 16.1. The van der Waals surface area contributed by atoms with Crippen molar-refractivity contribution in [1.82, 2.24) is 9.55 Å². The lowest BCUT2D eigenvalue weighted by Crippen LogP contribution is -2.32. The van der Waals surface area contributed by atoms with Crippen LogP contribution in [0.4, 0.5) is 0 Å². The Bertz CT molecular complexity index is 1200.